The maximum Gasteiger partial charge on any atom is 0.265 e. The summed E-state index contributed by atoms with van der Waals surface area (Å²) in [6.45, 7) is 5.53. The molecular formula is C18H20FNO3. The van der Waals surface area contributed by atoms with E-state index in [1.807, 2.05) is 13.8 Å². The maximum absolute atomic E-state index is 12.8. The predicted octanol–water partition coefficient (Wildman–Crippen LogP) is 4.02. The van der Waals surface area contributed by atoms with E-state index in [1.165, 1.54) is 24.3 Å². The normalized spacial score (nSPS) is 11.9. The molecule has 0 fully saturated rings. The quantitative estimate of drug-likeness (QED) is 0.875. The van der Waals surface area contributed by atoms with E-state index in [9.17, 15) is 9.18 Å². The topological polar surface area (TPSA) is 47.6 Å². The van der Waals surface area contributed by atoms with Crippen LogP contribution in [0.4, 0.5) is 10.1 Å². The Kier molecular flexibility index (Phi) is 5.57. The molecule has 5 heteroatoms. The van der Waals surface area contributed by atoms with Gasteiger partial charge < -0.3 is 14.8 Å². The van der Waals surface area contributed by atoms with Crippen LogP contribution in [0, 0.1) is 5.82 Å². The molecule has 0 aromatic heterocycles. The monoisotopic (exact) mass is 317 g/mol. The van der Waals surface area contributed by atoms with Gasteiger partial charge in [0.2, 0.25) is 0 Å². The number of carbonyl (C=O) groups excluding carboxylic acids is 1. The number of hydrogen-bond donors (Lipinski definition) is 1. The first kappa shape index (κ1) is 16.8. The zero-order valence-electron chi connectivity index (χ0n) is 13.4. The Balaban J connectivity index is 1.91. The van der Waals surface area contributed by atoms with Crippen molar-refractivity contribution in [2.75, 3.05) is 5.32 Å². The molecule has 0 saturated heterocycles. The van der Waals surface area contributed by atoms with E-state index in [2.05, 4.69) is 5.32 Å². The van der Waals surface area contributed by atoms with Crippen LogP contribution in [0.15, 0.2) is 48.5 Å². The van der Waals surface area contributed by atoms with Gasteiger partial charge in [-0.3, -0.25) is 4.79 Å². The molecule has 0 bridgehead atoms. The van der Waals surface area contributed by atoms with E-state index in [0.29, 0.717) is 11.4 Å². The molecule has 0 radical (unpaired) electrons. The van der Waals surface area contributed by atoms with Crippen LogP contribution in [0.2, 0.25) is 0 Å². The van der Waals surface area contributed by atoms with Crippen LogP contribution in [0.25, 0.3) is 0 Å². The molecule has 0 spiro atoms. The number of nitrogens with one attached hydrogen (secondary N) is 1. The van der Waals surface area contributed by atoms with Crippen LogP contribution in [-0.2, 0) is 4.79 Å². The Morgan fingerprint density at radius 3 is 2.00 bits per heavy atom. The fraction of sp³-hybridized carbons (Fsp3) is 0.278. The summed E-state index contributed by atoms with van der Waals surface area (Å²) in [4.78, 5) is 12.1. The molecule has 1 atom stereocenters. The van der Waals surface area contributed by atoms with Gasteiger partial charge in [0.15, 0.2) is 6.10 Å². The van der Waals surface area contributed by atoms with Crippen LogP contribution in [0.1, 0.15) is 20.8 Å². The van der Waals surface area contributed by atoms with E-state index in [0.717, 1.165) is 5.75 Å². The summed E-state index contributed by atoms with van der Waals surface area (Å²) >= 11 is 0. The Bertz CT molecular complexity index is 638. The molecule has 2 rings (SSSR count). The summed E-state index contributed by atoms with van der Waals surface area (Å²) in [6.07, 6.45) is -0.605. The lowest BCUT2D eigenvalue weighted by Gasteiger charge is -2.15. The number of amides is 1. The highest BCUT2D eigenvalue weighted by molar-refractivity contribution is 5.94. The van der Waals surface area contributed by atoms with Gasteiger partial charge in [0, 0.05) is 5.69 Å². The fourth-order valence-electron chi connectivity index (χ4n) is 1.90. The van der Waals surface area contributed by atoms with Crippen molar-refractivity contribution >= 4 is 11.6 Å². The molecule has 1 amide bonds. The van der Waals surface area contributed by atoms with Gasteiger partial charge in [-0.2, -0.15) is 0 Å². The van der Waals surface area contributed by atoms with Crippen molar-refractivity contribution in [3.05, 3.63) is 54.3 Å². The van der Waals surface area contributed by atoms with Crippen molar-refractivity contribution in [2.24, 2.45) is 0 Å². The molecule has 0 saturated carbocycles. The number of hydrogen-bond acceptors (Lipinski definition) is 3. The van der Waals surface area contributed by atoms with Gasteiger partial charge in [0.05, 0.1) is 6.10 Å². The summed E-state index contributed by atoms with van der Waals surface area (Å²) in [5.41, 5.74) is 0.653. The van der Waals surface area contributed by atoms with Crippen molar-refractivity contribution in [1.29, 1.82) is 0 Å². The van der Waals surface area contributed by atoms with Crippen molar-refractivity contribution in [3.63, 3.8) is 0 Å². The van der Waals surface area contributed by atoms with E-state index < -0.39 is 6.10 Å². The zero-order chi connectivity index (χ0) is 16.8. The molecule has 2 aromatic rings. The van der Waals surface area contributed by atoms with Crippen molar-refractivity contribution in [3.8, 4) is 11.5 Å². The van der Waals surface area contributed by atoms with E-state index in [4.69, 9.17) is 9.47 Å². The lowest BCUT2D eigenvalue weighted by Crippen LogP contribution is -2.30. The second kappa shape index (κ2) is 7.63. The lowest BCUT2D eigenvalue weighted by molar-refractivity contribution is -0.122. The van der Waals surface area contributed by atoms with Gasteiger partial charge in [0.1, 0.15) is 17.3 Å². The van der Waals surface area contributed by atoms with Gasteiger partial charge in [0.25, 0.3) is 5.91 Å². The van der Waals surface area contributed by atoms with Gasteiger partial charge in [-0.15, -0.1) is 0 Å². The number of anilines is 1. The van der Waals surface area contributed by atoms with E-state index in [-0.39, 0.29) is 17.8 Å². The average molecular weight is 317 g/mol. The maximum atomic E-state index is 12.8. The highest BCUT2D eigenvalue weighted by atomic mass is 19.1. The predicted molar refractivity (Wildman–Crippen MR) is 87.3 cm³/mol. The molecule has 23 heavy (non-hydrogen) atoms. The number of benzene rings is 2. The minimum absolute atomic E-state index is 0.0968. The highest BCUT2D eigenvalue weighted by Gasteiger charge is 2.15. The summed E-state index contributed by atoms with van der Waals surface area (Å²) < 4.78 is 23.9. The number of rotatable bonds is 6. The summed E-state index contributed by atoms with van der Waals surface area (Å²) in [5, 5.41) is 2.76. The summed E-state index contributed by atoms with van der Waals surface area (Å²) in [7, 11) is 0. The van der Waals surface area contributed by atoms with Crippen LogP contribution < -0.4 is 14.8 Å². The SMILES string of the molecule is CC(C)Oc1ccc(NC(=O)[C@@H](C)Oc2ccc(F)cc2)cc1. The van der Waals surface area contributed by atoms with E-state index >= 15 is 0 Å². The van der Waals surface area contributed by atoms with Crippen LogP contribution in [0.5, 0.6) is 11.5 Å². The minimum Gasteiger partial charge on any atom is -0.491 e. The van der Waals surface area contributed by atoms with Crippen molar-refractivity contribution < 1.29 is 18.7 Å². The second-order valence-electron chi connectivity index (χ2n) is 5.39. The Morgan fingerprint density at radius 1 is 0.913 bits per heavy atom. The third-order valence-electron chi connectivity index (χ3n) is 2.99. The lowest BCUT2D eigenvalue weighted by atomic mass is 10.2. The smallest absolute Gasteiger partial charge is 0.265 e. The average Bonchev–Trinajstić information content (AvgIpc) is 2.51. The summed E-state index contributed by atoms with van der Waals surface area (Å²) in [6, 6.07) is 12.7. The largest absolute Gasteiger partial charge is 0.491 e. The van der Waals surface area contributed by atoms with Gasteiger partial charge in [-0.05, 0) is 69.3 Å². The van der Waals surface area contributed by atoms with Crippen molar-refractivity contribution in [2.45, 2.75) is 33.0 Å². The minimum atomic E-state index is -0.702. The van der Waals surface area contributed by atoms with Crippen molar-refractivity contribution in [1.82, 2.24) is 0 Å². The number of ether oxygens (including phenoxy) is 2. The third-order valence-corrected chi connectivity index (χ3v) is 2.99. The molecule has 2 aromatic carbocycles. The van der Waals surface area contributed by atoms with E-state index in [1.54, 1.807) is 31.2 Å². The first-order valence-corrected chi connectivity index (χ1v) is 7.44. The zero-order valence-corrected chi connectivity index (χ0v) is 13.4. The Labute approximate surface area is 135 Å². The van der Waals surface area contributed by atoms with Crippen LogP contribution >= 0.6 is 0 Å². The van der Waals surface area contributed by atoms with Gasteiger partial charge in [-0.25, -0.2) is 4.39 Å². The van der Waals surface area contributed by atoms with Gasteiger partial charge >= 0.3 is 0 Å². The molecule has 122 valence electrons. The molecule has 1 N–H and O–H groups in total. The summed E-state index contributed by atoms with van der Waals surface area (Å²) in [5.74, 6) is 0.549. The number of carbonyl (C=O) groups is 1. The third kappa shape index (κ3) is 5.29. The van der Waals surface area contributed by atoms with Crippen LogP contribution in [-0.4, -0.2) is 18.1 Å². The Morgan fingerprint density at radius 2 is 1.43 bits per heavy atom. The fourth-order valence-corrected chi connectivity index (χ4v) is 1.90. The highest BCUT2D eigenvalue weighted by Crippen LogP contribution is 2.18. The second-order valence-corrected chi connectivity index (χ2v) is 5.39. The molecule has 4 nitrogen and oxygen atoms in total. The first-order valence-electron chi connectivity index (χ1n) is 7.44. The standard InChI is InChI=1S/C18H20FNO3/c1-12(2)22-16-10-6-15(7-11-16)20-18(21)13(3)23-17-8-4-14(19)5-9-17/h4-13H,1-3H3,(H,20,21)/t13-/m1/s1. The molecule has 0 aliphatic carbocycles. The molecular weight excluding hydrogens is 297 g/mol. The van der Waals surface area contributed by atoms with Gasteiger partial charge in [-0.1, -0.05) is 0 Å². The Hall–Kier alpha value is -2.56. The molecule has 0 unspecified atom stereocenters. The first-order chi connectivity index (χ1) is 10.9. The van der Waals surface area contributed by atoms with Crippen LogP contribution in [0.3, 0.4) is 0 Å². The molecule has 0 aliphatic rings. The molecule has 0 heterocycles. The number of halogens is 1. The molecule has 0 aliphatic heterocycles.